The third-order valence-corrected chi connectivity index (χ3v) is 2.04. The highest BCUT2D eigenvalue weighted by Gasteiger charge is 2.00. The summed E-state index contributed by atoms with van der Waals surface area (Å²) in [4.78, 5) is 16.7. The van der Waals surface area contributed by atoms with Gasteiger partial charge in [0.2, 0.25) is 0 Å². The molecule has 88 valence electrons. The van der Waals surface area contributed by atoms with Crippen LogP contribution < -0.4 is 10.6 Å². The van der Waals surface area contributed by atoms with Gasteiger partial charge >= 0.3 is 6.03 Å². The highest BCUT2D eigenvalue weighted by molar-refractivity contribution is 6.29. The van der Waals surface area contributed by atoms with Crippen LogP contribution >= 0.6 is 11.6 Å². The molecule has 1 aromatic heterocycles. The molecule has 0 saturated heterocycles. The minimum atomic E-state index is -0.110. The fourth-order valence-electron chi connectivity index (χ4n) is 1.02. The SMILES string of the molecule is CN(C)C(=O)NCCNc1cccc(Cl)n1. The zero-order valence-corrected chi connectivity index (χ0v) is 10.1. The molecule has 16 heavy (non-hydrogen) atoms. The molecule has 0 aromatic carbocycles. The van der Waals surface area contributed by atoms with E-state index in [1.54, 1.807) is 20.2 Å². The Morgan fingerprint density at radius 2 is 2.19 bits per heavy atom. The van der Waals surface area contributed by atoms with Crippen LogP contribution in [-0.2, 0) is 0 Å². The van der Waals surface area contributed by atoms with E-state index in [9.17, 15) is 4.79 Å². The summed E-state index contributed by atoms with van der Waals surface area (Å²) in [5, 5.41) is 6.23. The first-order valence-electron chi connectivity index (χ1n) is 4.91. The molecular weight excluding hydrogens is 228 g/mol. The molecule has 0 aliphatic carbocycles. The van der Waals surface area contributed by atoms with Crippen LogP contribution in [0.5, 0.6) is 0 Å². The summed E-state index contributed by atoms with van der Waals surface area (Å²) < 4.78 is 0. The second-order valence-corrected chi connectivity index (χ2v) is 3.79. The summed E-state index contributed by atoms with van der Waals surface area (Å²) in [7, 11) is 3.39. The first kappa shape index (κ1) is 12.6. The summed E-state index contributed by atoms with van der Waals surface area (Å²) in [6.45, 7) is 1.14. The highest BCUT2D eigenvalue weighted by atomic mass is 35.5. The molecule has 0 atom stereocenters. The van der Waals surface area contributed by atoms with Gasteiger partial charge in [-0.2, -0.15) is 0 Å². The third kappa shape index (κ3) is 4.35. The van der Waals surface area contributed by atoms with E-state index in [0.717, 1.165) is 0 Å². The van der Waals surface area contributed by atoms with Crippen LogP contribution in [-0.4, -0.2) is 43.1 Å². The van der Waals surface area contributed by atoms with Crippen molar-refractivity contribution in [1.29, 1.82) is 0 Å². The van der Waals surface area contributed by atoms with E-state index in [1.807, 2.05) is 12.1 Å². The van der Waals surface area contributed by atoms with Crippen molar-refractivity contribution < 1.29 is 4.79 Å². The smallest absolute Gasteiger partial charge is 0.316 e. The summed E-state index contributed by atoms with van der Waals surface area (Å²) in [6, 6.07) is 5.23. The highest BCUT2D eigenvalue weighted by Crippen LogP contribution is 2.08. The van der Waals surface area contributed by atoms with Gasteiger partial charge in [0.25, 0.3) is 0 Å². The molecule has 0 saturated carbocycles. The number of hydrogen-bond acceptors (Lipinski definition) is 3. The Bertz CT molecular complexity index is 356. The van der Waals surface area contributed by atoms with Crippen molar-refractivity contribution in [2.75, 3.05) is 32.5 Å². The summed E-state index contributed by atoms with van der Waals surface area (Å²) in [5.41, 5.74) is 0. The van der Waals surface area contributed by atoms with Crippen molar-refractivity contribution in [1.82, 2.24) is 15.2 Å². The molecule has 0 aliphatic rings. The number of anilines is 1. The Morgan fingerprint density at radius 1 is 1.44 bits per heavy atom. The maximum atomic E-state index is 11.2. The lowest BCUT2D eigenvalue weighted by atomic mass is 10.4. The molecule has 0 spiro atoms. The Hall–Kier alpha value is -1.49. The quantitative estimate of drug-likeness (QED) is 0.620. The number of hydrogen-bond donors (Lipinski definition) is 2. The number of nitrogens with zero attached hydrogens (tertiary/aromatic N) is 2. The molecule has 1 heterocycles. The number of rotatable bonds is 4. The molecule has 6 heteroatoms. The minimum absolute atomic E-state index is 0.110. The van der Waals surface area contributed by atoms with E-state index in [4.69, 9.17) is 11.6 Å². The van der Waals surface area contributed by atoms with Gasteiger partial charge in [-0.05, 0) is 12.1 Å². The molecular formula is C10H15ClN4O. The predicted octanol–water partition coefficient (Wildman–Crippen LogP) is 1.42. The molecule has 1 rings (SSSR count). The van der Waals surface area contributed by atoms with Gasteiger partial charge in [0.05, 0.1) is 0 Å². The standard InChI is InChI=1S/C10H15ClN4O/c1-15(2)10(16)13-7-6-12-9-5-3-4-8(11)14-9/h3-5H,6-7H2,1-2H3,(H,12,14)(H,13,16). The molecule has 5 nitrogen and oxygen atoms in total. The number of carbonyl (C=O) groups is 1. The average molecular weight is 243 g/mol. The lowest BCUT2D eigenvalue weighted by Crippen LogP contribution is -2.37. The minimum Gasteiger partial charge on any atom is -0.368 e. The van der Waals surface area contributed by atoms with E-state index in [2.05, 4.69) is 15.6 Å². The lowest BCUT2D eigenvalue weighted by molar-refractivity contribution is 0.218. The van der Waals surface area contributed by atoms with Gasteiger partial charge in [0.15, 0.2) is 0 Å². The first-order chi connectivity index (χ1) is 7.59. The lowest BCUT2D eigenvalue weighted by Gasteiger charge is -2.12. The Kier molecular flexibility index (Phi) is 4.85. The normalized spacial score (nSPS) is 9.69. The fourth-order valence-corrected chi connectivity index (χ4v) is 1.19. The monoisotopic (exact) mass is 242 g/mol. The van der Waals surface area contributed by atoms with Crippen LogP contribution in [0.4, 0.5) is 10.6 Å². The topological polar surface area (TPSA) is 57.3 Å². The van der Waals surface area contributed by atoms with Crippen LogP contribution in [0.3, 0.4) is 0 Å². The number of halogens is 1. The van der Waals surface area contributed by atoms with Crippen molar-refractivity contribution in [3.05, 3.63) is 23.4 Å². The van der Waals surface area contributed by atoms with Crippen molar-refractivity contribution in [3.8, 4) is 0 Å². The molecule has 0 fully saturated rings. The fraction of sp³-hybridized carbons (Fsp3) is 0.400. The van der Waals surface area contributed by atoms with Gasteiger partial charge in [-0.25, -0.2) is 9.78 Å². The van der Waals surface area contributed by atoms with E-state index < -0.39 is 0 Å². The van der Waals surface area contributed by atoms with Gasteiger partial charge in [-0.3, -0.25) is 0 Å². The molecule has 0 aliphatic heterocycles. The van der Waals surface area contributed by atoms with Gasteiger partial charge in [0.1, 0.15) is 11.0 Å². The Balaban J connectivity index is 2.23. The number of pyridine rings is 1. The summed E-state index contributed by atoms with van der Waals surface area (Å²) in [5.74, 6) is 0.701. The van der Waals surface area contributed by atoms with E-state index in [0.29, 0.717) is 24.1 Å². The molecule has 0 bridgehead atoms. The number of carbonyl (C=O) groups excluding carboxylic acids is 1. The van der Waals surface area contributed by atoms with Gasteiger partial charge < -0.3 is 15.5 Å². The maximum Gasteiger partial charge on any atom is 0.316 e. The van der Waals surface area contributed by atoms with E-state index in [-0.39, 0.29) is 6.03 Å². The van der Waals surface area contributed by atoms with Crippen molar-refractivity contribution in [2.24, 2.45) is 0 Å². The zero-order valence-electron chi connectivity index (χ0n) is 9.33. The molecule has 2 amide bonds. The zero-order chi connectivity index (χ0) is 12.0. The average Bonchev–Trinajstić information content (AvgIpc) is 2.24. The summed E-state index contributed by atoms with van der Waals surface area (Å²) >= 11 is 5.72. The van der Waals surface area contributed by atoms with E-state index >= 15 is 0 Å². The van der Waals surface area contributed by atoms with Gasteiger partial charge in [-0.1, -0.05) is 17.7 Å². The van der Waals surface area contributed by atoms with Crippen LogP contribution in [0.25, 0.3) is 0 Å². The number of amides is 2. The first-order valence-corrected chi connectivity index (χ1v) is 5.29. The van der Waals surface area contributed by atoms with Crippen LogP contribution in [0.1, 0.15) is 0 Å². The molecule has 1 aromatic rings. The molecule has 2 N–H and O–H groups in total. The molecule has 0 unspecified atom stereocenters. The number of urea groups is 1. The predicted molar refractivity (Wildman–Crippen MR) is 64.8 cm³/mol. The maximum absolute atomic E-state index is 11.2. The van der Waals surface area contributed by atoms with Gasteiger partial charge in [-0.15, -0.1) is 0 Å². The second-order valence-electron chi connectivity index (χ2n) is 3.40. The Morgan fingerprint density at radius 3 is 2.81 bits per heavy atom. The van der Waals surface area contributed by atoms with Gasteiger partial charge in [0, 0.05) is 27.2 Å². The van der Waals surface area contributed by atoms with Crippen LogP contribution in [0.2, 0.25) is 5.15 Å². The van der Waals surface area contributed by atoms with Crippen LogP contribution in [0.15, 0.2) is 18.2 Å². The van der Waals surface area contributed by atoms with Crippen LogP contribution in [0, 0.1) is 0 Å². The van der Waals surface area contributed by atoms with Crippen molar-refractivity contribution in [2.45, 2.75) is 0 Å². The second kappa shape index (κ2) is 6.17. The van der Waals surface area contributed by atoms with Crippen molar-refractivity contribution >= 4 is 23.4 Å². The largest absolute Gasteiger partial charge is 0.368 e. The summed E-state index contributed by atoms with van der Waals surface area (Å²) in [6.07, 6.45) is 0. The number of nitrogens with one attached hydrogen (secondary N) is 2. The van der Waals surface area contributed by atoms with Crippen molar-refractivity contribution in [3.63, 3.8) is 0 Å². The number of aromatic nitrogens is 1. The van der Waals surface area contributed by atoms with E-state index in [1.165, 1.54) is 4.90 Å². The third-order valence-electron chi connectivity index (χ3n) is 1.83. The Labute approximate surface area is 99.8 Å². The molecule has 0 radical (unpaired) electrons.